The summed E-state index contributed by atoms with van der Waals surface area (Å²) in [5.74, 6) is 1.50. The van der Waals surface area contributed by atoms with Crippen LogP contribution < -0.4 is 5.32 Å². The Morgan fingerprint density at radius 1 is 1.14 bits per heavy atom. The van der Waals surface area contributed by atoms with Gasteiger partial charge >= 0.3 is 0 Å². The first-order valence-electron chi connectivity index (χ1n) is 6.01. The maximum Gasteiger partial charge on any atom is 0.0540 e. The van der Waals surface area contributed by atoms with E-state index in [0.717, 1.165) is 25.3 Å². The van der Waals surface area contributed by atoms with Crippen LogP contribution >= 0.6 is 0 Å². The average Bonchev–Trinajstić information content (AvgIpc) is 2.16. The van der Waals surface area contributed by atoms with Crippen molar-refractivity contribution in [2.75, 3.05) is 6.54 Å². The van der Waals surface area contributed by atoms with E-state index >= 15 is 0 Å². The fourth-order valence-electron chi connectivity index (χ4n) is 1.94. The van der Waals surface area contributed by atoms with Gasteiger partial charge in [0.1, 0.15) is 0 Å². The normalized spacial score (nSPS) is 30.6. The summed E-state index contributed by atoms with van der Waals surface area (Å²) in [5, 5.41) is 13.0. The van der Waals surface area contributed by atoms with Crippen LogP contribution in [0.15, 0.2) is 0 Å². The SMILES string of the molecule is CC(C)C(C)NCC1CCC(O)CC1. The van der Waals surface area contributed by atoms with Crippen molar-refractivity contribution in [3.63, 3.8) is 0 Å². The van der Waals surface area contributed by atoms with E-state index in [9.17, 15) is 5.11 Å². The van der Waals surface area contributed by atoms with Gasteiger partial charge in [-0.05, 0) is 51.0 Å². The molecule has 0 radical (unpaired) electrons. The van der Waals surface area contributed by atoms with Gasteiger partial charge in [-0.15, -0.1) is 0 Å². The van der Waals surface area contributed by atoms with Crippen LogP contribution in [0, 0.1) is 11.8 Å². The van der Waals surface area contributed by atoms with Gasteiger partial charge in [0.25, 0.3) is 0 Å². The molecule has 1 saturated carbocycles. The first-order chi connectivity index (χ1) is 6.59. The summed E-state index contributed by atoms with van der Waals surface area (Å²) in [5.41, 5.74) is 0. The van der Waals surface area contributed by atoms with E-state index in [1.54, 1.807) is 0 Å². The van der Waals surface area contributed by atoms with E-state index in [4.69, 9.17) is 0 Å². The van der Waals surface area contributed by atoms with Gasteiger partial charge in [0.15, 0.2) is 0 Å². The molecule has 84 valence electrons. The largest absolute Gasteiger partial charge is 0.393 e. The lowest BCUT2D eigenvalue weighted by Crippen LogP contribution is -2.36. The third kappa shape index (κ3) is 3.97. The summed E-state index contributed by atoms with van der Waals surface area (Å²) >= 11 is 0. The zero-order chi connectivity index (χ0) is 10.6. The summed E-state index contributed by atoms with van der Waals surface area (Å²) in [4.78, 5) is 0. The standard InChI is InChI=1S/C12H25NO/c1-9(2)10(3)13-8-11-4-6-12(14)7-5-11/h9-14H,4-8H2,1-3H3. The number of aliphatic hydroxyl groups excluding tert-OH is 1. The Morgan fingerprint density at radius 2 is 1.71 bits per heavy atom. The van der Waals surface area contributed by atoms with Crippen LogP contribution in [0.1, 0.15) is 46.5 Å². The second-order valence-electron chi connectivity index (χ2n) is 5.12. The number of aliphatic hydroxyl groups is 1. The van der Waals surface area contributed by atoms with Crippen LogP contribution in [0.3, 0.4) is 0 Å². The van der Waals surface area contributed by atoms with Gasteiger partial charge in [0, 0.05) is 6.04 Å². The first-order valence-corrected chi connectivity index (χ1v) is 6.01. The Labute approximate surface area is 88.1 Å². The van der Waals surface area contributed by atoms with Crippen LogP contribution in [0.2, 0.25) is 0 Å². The molecule has 2 nitrogen and oxygen atoms in total. The van der Waals surface area contributed by atoms with Crippen molar-refractivity contribution in [3.05, 3.63) is 0 Å². The third-order valence-electron chi connectivity index (χ3n) is 3.54. The molecule has 0 saturated heterocycles. The Kier molecular flexibility index (Phi) is 4.90. The molecule has 0 spiro atoms. The summed E-state index contributed by atoms with van der Waals surface area (Å²) in [6.45, 7) is 7.89. The predicted molar refractivity (Wildman–Crippen MR) is 60.3 cm³/mol. The van der Waals surface area contributed by atoms with Crippen molar-refractivity contribution in [3.8, 4) is 0 Å². The maximum absolute atomic E-state index is 9.37. The molecule has 0 aromatic heterocycles. The van der Waals surface area contributed by atoms with E-state index in [1.165, 1.54) is 12.8 Å². The molecule has 1 unspecified atom stereocenters. The number of hydrogen-bond acceptors (Lipinski definition) is 2. The quantitative estimate of drug-likeness (QED) is 0.727. The molecule has 1 aliphatic carbocycles. The van der Waals surface area contributed by atoms with Crippen LogP contribution in [-0.4, -0.2) is 23.8 Å². The lowest BCUT2D eigenvalue weighted by Gasteiger charge is -2.27. The second kappa shape index (κ2) is 5.72. The first kappa shape index (κ1) is 12.0. The molecular formula is C12H25NO. The summed E-state index contributed by atoms with van der Waals surface area (Å²) in [6.07, 6.45) is 4.37. The monoisotopic (exact) mass is 199 g/mol. The molecule has 1 atom stereocenters. The van der Waals surface area contributed by atoms with Gasteiger partial charge in [0.2, 0.25) is 0 Å². The average molecular weight is 199 g/mol. The second-order valence-corrected chi connectivity index (χ2v) is 5.12. The van der Waals surface area contributed by atoms with Gasteiger partial charge < -0.3 is 10.4 Å². The van der Waals surface area contributed by atoms with E-state index in [-0.39, 0.29) is 6.10 Å². The Morgan fingerprint density at radius 3 is 2.21 bits per heavy atom. The summed E-state index contributed by atoms with van der Waals surface area (Å²) < 4.78 is 0. The van der Waals surface area contributed by atoms with Gasteiger partial charge in [-0.2, -0.15) is 0 Å². The fourth-order valence-corrected chi connectivity index (χ4v) is 1.94. The zero-order valence-corrected chi connectivity index (χ0v) is 9.79. The van der Waals surface area contributed by atoms with Crippen molar-refractivity contribution in [2.45, 2.75) is 58.6 Å². The molecule has 2 N–H and O–H groups in total. The highest BCUT2D eigenvalue weighted by atomic mass is 16.3. The van der Waals surface area contributed by atoms with Crippen molar-refractivity contribution in [2.24, 2.45) is 11.8 Å². The molecule has 0 amide bonds. The smallest absolute Gasteiger partial charge is 0.0540 e. The highest BCUT2D eigenvalue weighted by Crippen LogP contribution is 2.23. The predicted octanol–water partition coefficient (Wildman–Crippen LogP) is 2.17. The van der Waals surface area contributed by atoms with Crippen LogP contribution in [-0.2, 0) is 0 Å². The molecule has 1 aliphatic rings. The van der Waals surface area contributed by atoms with Crippen molar-refractivity contribution < 1.29 is 5.11 Å². The lowest BCUT2D eigenvalue weighted by molar-refractivity contribution is 0.107. The zero-order valence-electron chi connectivity index (χ0n) is 9.79. The maximum atomic E-state index is 9.37. The van der Waals surface area contributed by atoms with E-state index < -0.39 is 0 Å². The van der Waals surface area contributed by atoms with E-state index in [1.807, 2.05) is 0 Å². The minimum atomic E-state index is -0.0197. The van der Waals surface area contributed by atoms with Gasteiger partial charge in [-0.25, -0.2) is 0 Å². The third-order valence-corrected chi connectivity index (χ3v) is 3.54. The molecule has 1 rings (SSSR count). The Balaban J connectivity index is 2.13. The van der Waals surface area contributed by atoms with E-state index in [2.05, 4.69) is 26.1 Å². The van der Waals surface area contributed by atoms with Crippen LogP contribution in [0.25, 0.3) is 0 Å². The molecule has 0 aromatic carbocycles. The molecule has 0 aromatic rings. The van der Waals surface area contributed by atoms with Crippen LogP contribution in [0.5, 0.6) is 0 Å². The van der Waals surface area contributed by atoms with Crippen molar-refractivity contribution in [1.29, 1.82) is 0 Å². The summed E-state index contributed by atoms with van der Waals surface area (Å²) in [7, 11) is 0. The van der Waals surface area contributed by atoms with Gasteiger partial charge in [-0.3, -0.25) is 0 Å². The highest BCUT2D eigenvalue weighted by molar-refractivity contribution is 4.75. The number of hydrogen-bond donors (Lipinski definition) is 2. The van der Waals surface area contributed by atoms with Gasteiger partial charge in [0.05, 0.1) is 6.10 Å². The number of rotatable bonds is 4. The molecular weight excluding hydrogens is 174 g/mol. The highest BCUT2D eigenvalue weighted by Gasteiger charge is 2.19. The molecule has 0 heterocycles. The topological polar surface area (TPSA) is 32.3 Å². The minimum Gasteiger partial charge on any atom is -0.393 e. The molecule has 1 fully saturated rings. The fraction of sp³-hybridized carbons (Fsp3) is 1.00. The molecule has 0 aliphatic heterocycles. The van der Waals surface area contributed by atoms with E-state index in [0.29, 0.717) is 12.0 Å². The minimum absolute atomic E-state index is 0.0197. The Bertz CT molecular complexity index is 150. The van der Waals surface area contributed by atoms with Crippen molar-refractivity contribution >= 4 is 0 Å². The van der Waals surface area contributed by atoms with Gasteiger partial charge in [-0.1, -0.05) is 13.8 Å². The van der Waals surface area contributed by atoms with Crippen molar-refractivity contribution in [1.82, 2.24) is 5.32 Å². The molecule has 0 bridgehead atoms. The number of nitrogens with one attached hydrogen (secondary N) is 1. The van der Waals surface area contributed by atoms with Crippen LogP contribution in [0.4, 0.5) is 0 Å². The summed E-state index contributed by atoms with van der Waals surface area (Å²) in [6, 6.07) is 0.613. The molecule has 14 heavy (non-hydrogen) atoms. The lowest BCUT2D eigenvalue weighted by atomic mass is 9.87. The Hall–Kier alpha value is -0.0800. The molecule has 2 heteroatoms.